The van der Waals surface area contributed by atoms with Crippen LogP contribution < -0.4 is 0 Å². The molecule has 0 saturated carbocycles. The molecule has 1 unspecified atom stereocenters. The van der Waals surface area contributed by atoms with Gasteiger partial charge in [0, 0.05) is 12.8 Å². The van der Waals surface area contributed by atoms with Gasteiger partial charge in [-0.1, -0.05) is 12.1 Å². The van der Waals surface area contributed by atoms with Crippen LogP contribution in [-0.4, -0.2) is 46.9 Å². The highest BCUT2D eigenvalue weighted by molar-refractivity contribution is 7.90. The summed E-state index contributed by atoms with van der Waals surface area (Å²) < 4.78 is 24.8. The number of hydrogen-bond acceptors (Lipinski definition) is 5. The van der Waals surface area contributed by atoms with E-state index in [1.807, 2.05) is 10.7 Å². The van der Waals surface area contributed by atoms with Crippen molar-refractivity contribution < 1.29 is 18.3 Å². The second kappa shape index (κ2) is 6.61. The van der Waals surface area contributed by atoms with E-state index >= 15 is 0 Å². The van der Waals surface area contributed by atoms with E-state index in [0.717, 1.165) is 17.5 Å². The number of amides is 1. The van der Waals surface area contributed by atoms with Gasteiger partial charge in [-0.25, -0.2) is 8.42 Å². The average molecular weight is 363 g/mol. The van der Waals surface area contributed by atoms with Gasteiger partial charge in [-0.3, -0.25) is 9.48 Å². The first kappa shape index (κ1) is 17.6. The van der Waals surface area contributed by atoms with Crippen LogP contribution in [0.5, 0.6) is 0 Å². The summed E-state index contributed by atoms with van der Waals surface area (Å²) in [6.07, 6.45) is 0.753. The van der Waals surface area contributed by atoms with Crippen molar-refractivity contribution in [2.24, 2.45) is 0 Å². The lowest BCUT2D eigenvalue weighted by atomic mass is 10.1. The predicted octanol–water partition coefficient (Wildman–Crippen LogP) is 0.925. The van der Waals surface area contributed by atoms with E-state index in [2.05, 4.69) is 5.10 Å². The Balaban J connectivity index is 1.67. The number of aromatic nitrogens is 2. The monoisotopic (exact) mass is 363 g/mol. The van der Waals surface area contributed by atoms with Crippen molar-refractivity contribution in [1.82, 2.24) is 14.7 Å². The van der Waals surface area contributed by atoms with Crippen molar-refractivity contribution in [2.75, 3.05) is 12.8 Å². The fourth-order valence-corrected chi connectivity index (χ4v) is 3.48. The smallest absolute Gasteiger partial charge is 0.227 e. The van der Waals surface area contributed by atoms with Crippen molar-refractivity contribution in [3.8, 4) is 0 Å². The van der Waals surface area contributed by atoms with E-state index in [9.17, 15) is 18.3 Å². The molecule has 1 N–H and O–H groups in total. The number of rotatable bonds is 4. The van der Waals surface area contributed by atoms with Gasteiger partial charge in [-0.05, 0) is 30.7 Å². The summed E-state index contributed by atoms with van der Waals surface area (Å²) in [5.74, 6) is -0.0156. The van der Waals surface area contributed by atoms with Gasteiger partial charge in [0.25, 0.3) is 0 Å². The molecule has 1 amide bonds. The molecule has 1 aromatic heterocycles. The largest absolute Gasteiger partial charge is 0.387 e. The molecule has 0 radical (unpaired) electrons. The van der Waals surface area contributed by atoms with Crippen LogP contribution in [0.3, 0.4) is 0 Å². The van der Waals surface area contributed by atoms with Gasteiger partial charge in [0.05, 0.1) is 41.9 Å². The van der Waals surface area contributed by atoms with Crippen LogP contribution in [0, 0.1) is 0 Å². The molecule has 1 aliphatic rings. The summed E-state index contributed by atoms with van der Waals surface area (Å²) in [6, 6.07) is 8.23. The first-order valence-electron chi connectivity index (χ1n) is 8.05. The van der Waals surface area contributed by atoms with Gasteiger partial charge in [0.15, 0.2) is 9.84 Å². The summed E-state index contributed by atoms with van der Waals surface area (Å²) in [5.41, 5.74) is 2.30. The highest BCUT2D eigenvalue weighted by Crippen LogP contribution is 2.19. The molecule has 0 saturated heterocycles. The minimum absolute atomic E-state index is 0.0156. The van der Waals surface area contributed by atoms with Crippen molar-refractivity contribution in [3.05, 3.63) is 47.3 Å². The van der Waals surface area contributed by atoms with E-state index < -0.39 is 15.9 Å². The first-order chi connectivity index (χ1) is 11.7. The first-order valence-corrected chi connectivity index (χ1v) is 9.94. The van der Waals surface area contributed by atoms with Gasteiger partial charge < -0.3 is 10.0 Å². The molecule has 0 spiro atoms. The SMILES string of the molecule is CC(O)c1cc2n(n1)CCN(C(=O)Cc1ccc(S(C)(=O)=O)cc1)C2. The number of carbonyl (C=O) groups is 1. The maximum absolute atomic E-state index is 12.5. The van der Waals surface area contributed by atoms with Crippen molar-refractivity contribution in [3.63, 3.8) is 0 Å². The third-order valence-electron chi connectivity index (χ3n) is 4.30. The number of sulfone groups is 1. The van der Waals surface area contributed by atoms with E-state index in [4.69, 9.17) is 0 Å². The Hall–Kier alpha value is -2.19. The molecule has 0 bridgehead atoms. The molecule has 0 aliphatic carbocycles. The summed E-state index contributed by atoms with van der Waals surface area (Å²) >= 11 is 0. The van der Waals surface area contributed by atoms with Crippen LogP contribution in [0.1, 0.15) is 30.0 Å². The lowest BCUT2D eigenvalue weighted by Crippen LogP contribution is -2.39. The number of aliphatic hydroxyl groups is 1. The number of carbonyl (C=O) groups excluding carboxylic acids is 1. The van der Waals surface area contributed by atoms with Gasteiger partial charge >= 0.3 is 0 Å². The Labute approximate surface area is 146 Å². The highest BCUT2D eigenvalue weighted by Gasteiger charge is 2.23. The summed E-state index contributed by atoms with van der Waals surface area (Å²) in [6.45, 7) is 3.28. The van der Waals surface area contributed by atoms with Crippen LogP contribution in [0.25, 0.3) is 0 Å². The molecule has 1 aliphatic heterocycles. The Morgan fingerprint density at radius 1 is 1.28 bits per heavy atom. The normalized spacial score (nSPS) is 15.7. The van der Waals surface area contributed by atoms with Gasteiger partial charge in [0.1, 0.15) is 0 Å². The Kier molecular flexibility index (Phi) is 4.66. The Morgan fingerprint density at radius 3 is 2.56 bits per heavy atom. The van der Waals surface area contributed by atoms with Crippen LogP contribution in [0.15, 0.2) is 35.2 Å². The molecular weight excluding hydrogens is 342 g/mol. The molecule has 1 atom stereocenters. The molecule has 7 nitrogen and oxygen atoms in total. The summed E-state index contributed by atoms with van der Waals surface area (Å²) in [5, 5.41) is 14.0. The van der Waals surface area contributed by atoms with Crippen LogP contribution in [0.4, 0.5) is 0 Å². The van der Waals surface area contributed by atoms with Crippen LogP contribution in [0.2, 0.25) is 0 Å². The van der Waals surface area contributed by atoms with Crippen LogP contribution in [-0.2, 0) is 34.1 Å². The van der Waals surface area contributed by atoms with E-state index in [-0.39, 0.29) is 17.2 Å². The van der Waals surface area contributed by atoms with Gasteiger partial charge in [-0.2, -0.15) is 5.10 Å². The Morgan fingerprint density at radius 2 is 1.96 bits per heavy atom. The van der Waals surface area contributed by atoms with E-state index in [0.29, 0.717) is 25.3 Å². The molecular formula is C17H21N3O4S. The second-order valence-corrected chi connectivity index (χ2v) is 8.38. The molecule has 0 fully saturated rings. The fourth-order valence-electron chi connectivity index (χ4n) is 2.85. The maximum Gasteiger partial charge on any atom is 0.227 e. The highest BCUT2D eigenvalue weighted by atomic mass is 32.2. The Bertz CT molecular complexity index is 885. The number of aliphatic hydroxyl groups excluding tert-OH is 1. The minimum Gasteiger partial charge on any atom is -0.387 e. The predicted molar refractivity (Wildman–Crippen MR) is 91.5 cm³/mol. The number of benzene rings is 1. The lowest BCUT2D eigenvalue weighted by Gasteiger charge is -2.27. The number of hydrogen-bond donors (Lipinski definition) is 1. The molecule has 3 rings (SSSR count). The van der Waals surface area contributed by atoms with E-state index in [1.54, 1.807) is 24.0 Å². The molecule has 2 heterocycles. The molecule has 134 valence electrons. The number of nitrogens with zero attached hydrogens (tertiary/aromatic N) is 3. The lowest BCUT2D eigenvalue weighted by molar-refractivity contribution is -0.132. The second-order valence-electron chi connectivity index (χ2n) is 6.37. The zero-order valence-electron chi connectivity index (χ0n) is 14.2. The standard InChI is InChI=1S/C17H21N3O4S/c1-12(21)16-10-14-11-19(7-8-20(14)18-16)17(22)9-13-3-5-15(6-4-13)25(2,23)24/h3-6,10,12,21H,7-9,11H2,1-2H3. The maximum atomic E-state index is 12.5. The van der Waals surface area contributed by atoms with E-state index in [1.165, 1.54) is 12.1 Å². The number of fused-ring (bicyclic) bond motifs is 1. The zero-order valence-corrected chi connectivity index (χ0v) is 15.0. The van der Waals surface area contributed by atoms with Crippen molar-refractivity contribution >= 4 is 15.7 Å². The summed E-state index contributed by atoms with van der Waals surface area (Å²) in [4.78, 5) is 14.5. The fraction of sp³-hybridized carbons (Fsp3) is 0.412. The topological polar surface area (TPSA) is 92.5 Å². The quantitative estimate of drug-likeness (QED) is 0.872. The minimum atomic E-state index is -3.23. The molecule has 1 aromatic carbocycles. The molecule has 25 heavy (non-hydrogen) atoms. The average Bonchev–Trinajstić information content (AvgIpc) is 2.98. The van der Waals surface area contributed by atoms with Crippen molar-refractivity contribution in [2.45, 2.75) is 37.4 Å². The molecule has 8 heteroatoms. The zero-order chi connectivity index (χ0) is 18.2. The van der Waals surface area contributed by atoms with Gasteiger partial charge in [-0.15, -0.1) is 0 Å². The van der Waals surface area contributed by atoms with Crippen LogP contribution >= 0.6 is 0 Å². The summed E-state index contributed by atoms with van der Waals surface area (Å²) in [7, 11) is -3.23. The van der Waals surface area contributed by atoms with Gasteiger partial charge in [0.2, 0.25) is 5.91 Å². The van der Waals surface area contributed by atoms with Crippen molar-refractivity contribution in [1.29, 1.82) is 0 Å². The third kappa shape index (κ3) is 3.91. The third-order valence-corrected chi connectivity index (χ3v) is 5.43. The molecule has 2 aromatic rings.